The lowest BCUT2D eigenvalue weighted by Gasteiger charge is -2.08. The summed E-state index contributed by atoms with van der Waals surface area (Å²) in [4.78, 5) is 12.7. The summed E-state index contributed by atoms with van der Waals surface area (Å²) in [6, 6.07) is 7.04. The van der Waals surface area contributed by atoms with Gasteiger partial charge in [0.25, 0.3) is 5.91 Å². The van der Waals surface area contributed by atoms with E-state index < -0.39 is 0 Å². The second-order valence-corrected chi connectivity index (χ2v) is 5.30. The first-order valence-corrected chi connectivity index (χ1v) is 7.40. The molecule has 3 aromatic rings. The number of hydrogen-bond donors (Lipinski definition) is 1. The molecule has 0 atom stereocenters. The van der Waals surface area contributed by atoms with Gasteiger partial charge in [0, 0.05) is 19.5 Å². The summed E-state index contributed by atoms with van der Waals surface area (Å²) >= 11 is 0. The first kappa shape index (κ1) is 16.5. The molecule has 0 aliphatic rings. The molecule has 1 amide bonds. The summed E-state index contributed by atoms with van der Waals surface area (Å²) in [6.45, 7) is 0.277. The third-order valence-electron chi connectivity index (χ3n) is 3.74. The van der Waals surface area contributed by atoms with Crippen molar-refractivity contribution in [2.45, 2.75) is 6.61 Å². The van der Waals surface area contributed by atoms with E-state index in [0.717, 1.165) is 0 Å². The Balaban J connectivity index is 2.04. The number of carbonyl (C=O) groups excluding carboxylic acids is 1. The third-order valence-corrected chi connectivity index (χ3v) is 3.74. The molecule has 8 nitrogen and oxygen atoms in total. The Bertz CT molecular complexity index is 981. The average molecular weight is 340 g/mol. The van der Waals surface area contributed by atoms with Crippen LogP contribution in [0, 0.1) is 11.3 Å². The van der Waals surface area contributed by atoms with Gasteiger partial charge in [-0.25, -0.2) is 0 Å². The number of methoxy groups -OCH3 is 2. The SMILES string of the molecule is COCc1cc2c(C(=O)Nc3c(C#N)cnn3C)ccc(OC)c2o1. The quantitative estimate of drug-likeness (QED) is 0.765. The van der Waals surface area contributed by atoms with E-state index in [4.69, 9.17) is 19.2 Å². The number of rotatable bonds is 5. The number of nitriles is 1. The van der Waals surface area contributed by atoms with Crippen LogP contribution in [-0.4, -0.2) is 29.9 Å². The van der Waals surface area contributed by atoms with Crippen molar-refractivity contribution in [2.24, 2.45) is 7.05 Å². The number of carbonyl (C=O) groups is 1. The number of nitrogens with zero attached hydrogens (tertiary/aromatic N) is 3. The number of benzene rings is 1. The number of fused-ring (bicyclic) bond motifs is 1. The minimum absolute atomic E-state index is 0.277. The molecule has 1 N–H and O–H groups in total. The molecule has 0 spiro atoms. The van der Waals surface area contributed by atoms with E-state index in [-0.39, 0.29) is 18.1 Å². The predicted octanol–water partition coefficient (Wildman–Crippen LogP) is 2.45. The topological polar surface area (TPSA) is 102 Å². The summed E-state index contributed by atoms with van der Waals surface area (Å²) < 4.78 is 17.5. The number of ether oxygens (including phenoxy) is 2. The van der Waals surface area contributed by atoms with Crippen LogP contribution in [0.3, 0.4) is 0 Å². The van der Waals surface area contributed by atoms with Crippen LogP contribution >= 0.6 is 0 Å². The number of aromatic nitrogens is 2. The number of nitrogens with one attached hydrogen (secondary N) is 1. The number of amides is 1. The Morgan fingerprint density at radius 2 is 2.24 bits per heavy atom. The van der Waals surface area contributed by atoms with Gasteiger partial charge in [0.1, 0.15) is 29.8 Å². The van der Waals surface area contributed by atoms with Crippen molar-refractivity contribution in [3.63, 3.8) is 0 Å². The molecule has 0 radical (unpaired) electrons. The lowest BCUT2D eigenvalue weighted by atomic mass is 10.1. The molecule has 1 aromatic carbocycles. The van der Waals surface area contributed by atoms with Crippen LogP contribution in [0.5, 0.6) is 5.75 Å². The zero-order valence-electron chi connectivity index (χ0n) is 14.0. The summed E-state index contributed by atoms with van der Waals surface area (Å²) in [7, 11) is 4.74. The zero-order valence-corrected chi connectivity index (χ0v) is 14.0. The van der Waals surface area contributed by atoms with Gasteiger partial charge in [-0.2, -0.15) is 10.4 Å². The molecule has 2 heterocycles. The van der Waals surface area contributed by atoms with Crippen molar-refractivity contribution < 1.29 is 18.7 Å². The molecule has 0 aliphatic heterocycles. The fourth-order valence-corrected chi connectivity index (χ4v) is 2.56. The summed E-state index contributed by atoms with van der Waals surface area (Å²) in [5.41, 5.74) is 1.15. The smallest absolute Gasteiger partial charge is 0.257 e. The summed E-state index contributed by atoms with van der Waals surface area (Å²) in [5, 5.41) is 16.4. The number of furan rings is 1. The highest BCUT2D eigenvalue weighted by atomic mass is 16.5. The third kappa shape index (κ3) is 2.93. The van der Waals surface area contributed by atoms with E-state index in [0.29, 0.717) is 33.9 Å². The van der Waals surface area contributed by atoms with Gasteiger partial charge in [-0.3, -0.25) is 9.48 Å². The maximum absolute atomic E-state index is 12.7. The van der Waals surface area contributed by atoms with Gasteiger partial charge in [0.15, 0.2) is 11.3 Å². The van der Waals surface area contributed by atoms with E-state index in [1.165, 1.54) is 18.0 Å². The molecule has 0 unspecified atom stereocenters. The second-order valence-electron chi connectivity index (χ2n) is 5.30. The minimum Gasteiger partial charge on any atom is -0.493 e. The largest absolute Gasteiger partial charge is 0.493 e. The number of anilines is 1. The number of aryl methyl sites for hydroxylation is 1. The van der Waals surface area contributed by atoms with Crippen molar-refractivity contribution in [3.8, 4) is 11.8 Å². The van der Waals surface area contributed by atoms with Crippen LogP contribution in [0.25, 0.3) is 11.0 Å². The monoisotopic (exact) mass is 340 g/mol. The van der Waals surface area contributed by atoms with E-state index in [1.807, 2.05) is 6.07 Å². The van der Waals surface area contributed by atoms with Crippen LogP contribution < -0.4 is 10.1 Å². The van der Waals surface area contributed by atoms with Crippen molar-refractivity contribution in [1.82, 2.24) is 9.78 Å². The molecule has 128 valence electrons. The zero-order chi connectivity index (χ0) is 18.0. The molecule has 0 saturated carbocycles. The van der Waals surface area contributed by atoms with Gasteiger partial charge in [-0.05, 0) is 18.2 Å². The van der Waals surface area contributed by atoms with Crippen LogP contribution in [0.15, 0.2) is 28.8 Å². The normalized spacial score (nSPS) is 10.6. The number of hydrogen-bond acceptors (Lipinski definition) is 6. The van der Waals surface area contributed by atoms with Crippen molar-refractivity contribution >= 4 is 22.7 Å². The molecule has 8 heteroatoms. The molecule has 0 fully saturated rings. The molecular formula is C17H16N4O4. The first-order valence-electron chi connectivity index (χ1n) is 7.40. The standard InChI is InChI=1S/C17H16N4O4/c1-21-16(10(7-18)8-19-21)20-17(22)12-4-5-14(24-3)15-13(12)6-11(25-15)9-23-2/h4-6,8H,9H2,1-3H3,(H,20,22). The average Bonchev–Trinajstić information content (AvgIpc) is 3.18. The van der Waals surface area contributed by atoms with E-state index in [9.17, 15) is 4.79 Å². The minimum atomic E-state index is -0.377. The fourth-order valence-electron chi connectivity index (χ4n) is 2.56. The maximum Gasteiger partial charge on any atom is 0.257 e. The maximum atomic E-state index is 12.7. The van der Waals surface area contributed by atoms with Gasteiger partial charge in [0.2, 0.25) is 0 Å². The molecule has 2 aromatic heterocycles. The lowest BCUT2D eigenvalue weighted by molar-refractivity contribution is 0.102. The van der Waals surface area contributed by atoms with Crippen LogP contribution in [-0.2, 0) is 18.4 Å². The molecular weight excluding hydrogens is 324 g/mol. The van der Waals surface area contributed by atoms with Gasteiger partial charge in [-0.1, -0.05) is 0 Å². The summed E-state index contributed by atoms with van der Waals surface area (Å²) in [5.74, 6) is 1.05. The van der Waals surface area contributed by atoms with Crippen LogP contribution in [0.1, 0.15) is 21.7 Å². The van der Waals surface area contributed by atoms with Crippen molar-refractivity contribution in [3.05, 3.63) is 41.3 Å². The molecule has 0 saturated heterocycles. The summed E-state index contributed by atoms with van der Waals surface area (Å²) in [6.07, 6.45) is 1.40. The predicted molar refractivity (Wildman–Crippen MR) is 89.4 cm³/mol. The highest BCUT2D eigenvalue weighted by Gasteiger charge is 2.19. The molecule has 0 aliphatic carbocycles. The van der Waals surface area contributed by atoms with Gasteiger partial charge in [0.05, 0.1) is 18.9 Å². The Morgan fingerprint density at radius 3 is 2.92 bits per heavy atom. The highest BCUT2D eigenvalue weighted by Crippen LogP contribution is 2.32. The Kier molecular flexibility index (Phi) is 4.41. The fraction of sp³-hybridized carbons (Fsp3) is 0.235. The van der Waals surface area contributed by atoms with Gasteiger partial charge >= 0.3 is 0 Å². The van der Waals surface area contributed by atoms with E-state index >= 15 is 0 Å². The van der Waals surface area contributed by atoms with E-state index in [1.54, 1.807) is 32.4 Å². The first-order chi connectivity index (χ1) is 12.1. The van der Waals surface area contributed by atoms with Gasteiger partial charge < -0.3 is 19.2 Å². The highest BCUT2D eigenvalue weighted by molar-refractivity contribution is 6.13. The van der Waals surface area contributed by atoms with E-state index in [2.05, 4.69) is 10.4 Å². The Morgan fingerprint density at radius 1 is 1.44 bits per heavy atom. The van der Waals surface area contributed by atoms with Crippen LogP contribution in [0.2, 0.25) is 0 Å². The van der Waals surface area contributed by atoms with Gasteiger partial charge in [-0.15, -0.1) is 0 Å². The molecule has 0 bridgehead atoms. The van der Waals surface area contributed by atoms with Crippen molar-refractivity contribution in [2.75, 3.05) is 19.5 Å². The second kappa shape index (κ2) is 6.67. The Labute approximate surface area is 143 Å². The molecule has 25 heavy (non-hydrogen) atoms. The Hall–Kier alpha value is -3.31. The lowest BCUT2D eigenvalue weighted by Crippen LogP contribution is -2.15. The molecule has 3 rings (SSSR count). The van der Waals surface area contributed by atoms with Crippen molar-refractivity contribution in [1.29, 1.82) is 5.26 Å². The van der Waals surface area contributed by atoms with Crippen LogP contribution in [0.4, 0.5) is 5.82 Å².